The van der Waals surface area contributed by atoms with Crippen molar-refractivity contribution in [1.82, 2.24) is 5.32 Å². The number of pyridine rings is 1. The number of carbonyl (C=O) groups excluding carboxylic acids is 1. The molecule has 0 saturated carbocycles. The number of aryl methyl sites for hydroxylation is 2. The summed E-state index contributed by atoms with van der Waals surface area (Å²) in [5.74, 6) is 0.265. The largest absolute Gasteiger partial charge is 0.619 e. The molecule has 0 aliphatic heterocycles. The number of nitrogens with one attached hydrogen (secondary N) is 1. The van der Waals surface area contributed by atoms with Gasteiger partial charge in [0.05, 0.1) is 12.5 Å². The Morgan fingerprint density at radius 1 is 1.00 bits per heavy atom. The summed E-state index contributed by atoms with van der Waals surface area (Å²) in [7, 11) is 0. The minimum atomic E-state index is -1.42. The Morgan fingerprint density at radius 2 is 1.74 bits per heavy atom. The van der Waals surface area contributed by atoms with Crippen molar-refractivity contribution in [2.45, 2.75) is 38.8 Å². The van der Waals surface area contributed by atoms with Gasteiger partial charge in [-0.1, -0.05) is 60.2 Å². The molecule has 3 aromatic carbocycles. The van der Waals surface area contributed by atoms with Crippen LogP contribution in [0.25, 0.3) is 11.0 Å². The average molecular weight is 507 g/mol. The van der Waals surface area contributed by atoms with Crippen molar-refractivity contribution < 1.29 is 19.0 Å². The van der Waals surface area contributed by atoms with Crippen LogP contribution in [0.2, 0.25) is 0 Å². The van der Waals surface area contributed by atoms with E-state index >= 15 is 0 Å². The maximum Gasteiger partial charge on any atom is 0.225 e. The molecule has 0 saturated heterocycles. The van der Waals surface area contributed by atoms with Crippen LogP contribution < -0.4 is 10.0 Å². The maximum atomic E-state index is 13.3. The van der Waals surface area contributed by atoms with Gasteiger partial charge in [-0.2, -0.15) is 4.73 Å². The van der Waals surface area contributed by atoms with Crippen LogP contribution >= 0.6 is 0 Å². The van der Waals surface area contributed by atoms with Crippen LogP contribution in [-0.2, 0) is 16.8 Å². The molecule has 5 aromatic rings. The van der Waals surface area contributed by atoms with Gasteiger partial charge in [-0.05, 0) is 61.2 Å². The van der Waals surface area contributed by atoms with Gasteiger partial charge in [0, 0.05) is 23.1 Å². The van der Waals surface area contributed by atoms with Crippen molar-refractivity contribution in [1.29, 1.82) is 0 Å². The average Bonchev–Trinajstić information content (AvgIpc) is 3.33. The van der Waals surface area contributed by atoms with E-state index in [-0.39, 0.29) is 18.4 Å². The van der Waals surface area contributed by atoms with Crippen molar-refractivity contribution >= 4 is 16.9 Å². The summed E-state index contributed by atoms with van der Waals surface area (Å²) in [6.45, 7) is 5.75. The molecular weight excluding hydrogens is 476 g/mol. The second-order valence-corrected chi connectivity index (χ2v) is 9.95. The molecule has 0 aliphatic rings. The first kappa shape index (κ1) is 25.2. The predicted octanol–water partition coefficient (Wildman–Crippen LogP) is 5.39. The first-order valence-corrected chi connectivity index (χ1v) is 12.6. The van der Waals surface area contributed by atoms with E-state index in [0.717, 1.165) is 27.6 Å². The van der Waals surface area contributed by atoms with Gasteiger partial charge in [-0.25, -0.2) is 0 Å². The number of nitrogens with zero attached hydrogens (tertiary/aromatic N) is 1. The first-order valence-electron chi connectivity index (χ1n) is 12.6. The summed E-state index contributed by atoms with van der Waals surface area (Å²) in [5.41, 5.74) is 4.96. The molecule has 38 heavy (non-hydrogen) atoms. The Hall–Kier alpha value is -4.42. The van der Waals surface area contributed by atoms with Crippen LogP contribution in [0.5, 0.6) is 0 Å². The zero-order chi connectivity index (χ0) is 26.9. The van der Waals surface area contributed by atoms with E-state index < -0.39 is 5.60 Å². The smallest absolute Gasteiger partial charge is 0.225 e. The Kier molecular flexibility index (Phi) is 6.74. The molecule has 1 unspecified atom stereocenters. The third-order valence-corrected chi connectivity index (χ3v) is 6.96. The molecule has 6 nitrogen and oxygen atoms in total. The Morgan fingerprint density at radius 3 is 2.45 bits per heavy atom. The number of aliphatic hydroxyl groups is 1. The van der Waals surface area contributed by atoms with Crippen molar-refractivity contribution in [3.63, 3.8) is 0 Å². The van der Waals surface area contributed by atoms with E-state index in [2.05, 4.69) is 37.4 Å². The highest BCUT2D eigenvalue weighted by Crippen LogP contribution is 2.33. The van der Waals surface area contributed by atoms with E-state index in [1.165, 1.54) is 18.0 Å². The molecule has 5 rings (SSSR count). The number of hydrogen-bond acceptors (Lipinski definition) is 4. The number of rotatable bonds is 7. The zero-order valence-electron chi connectivity index (χ0n) is 21.6. The molecule has 0 fully saturated rings. The number of hydrogen-bond donors (Lipinski definition) is 2. The SMILES string of the molecule is Cc1ccc(C(NC(=O)Cc2ccc3oc([C@](C)(O)c4cc[n+]([O-])cc4)cc3c2)c2ccccc2)c(C)c1. The van der Waals surface area contributed by atoms with Crippen LogP contribution in [0.3, 0.4) is 0 Å². The number of amides is 1. The fraction of sp³-hybridized carbons (Fsp3) is 0.188. The van der Waals surface area contributed by atoms with Crippen LogP contribution in [0.4, 0.5) is 0 Å². The lowest BCUT2D eigenvalue weighted by atomic mass is 9.93. The number of fused-ring (bicyclic) bond motifs is 1. The Labute approximate surface area is 221 Å². The summed E-state index contributed by atoms with van der Waals surface area (Å²) >= 11 is 0. The van der Waals surface area contributed by atoms with Gasteiger partial charge in [0.25, 0.3) is 0 Å². The molecule has 1 amide bonds. The molecule has 2 N–H and O–H groups in total. The third-order valence-electron chi connectivity index (χ3n) is 6.96. The van der Waals surface area contributed by atoms with E-state index in [1.807, 2.05) is 48.5 Å². The quantitative estimate of drug-likeness (QED) is 0.229. The van der Waals surface area contributed by atoms with E-state index in [0.29, 0.717) is 21.6 Å². The fourth-order valence-corrected chi connectivity index (χ4v) is 4.86. The molecule has 2 aromatic heterocycles. The molecule has 0 aliphatic carbocycles. The molecule has 6 heteroatoms. The minimum Gasteiger partial charge on any atom is -0.619 e. The van der Waals surface area contributed by atoms with Crippen LogP contribution in [0.15, 0.2) is 102 Å². The maximum absolute atomic E-state index is 13.3. The third kappa shape index (κ3) is 5.17. The van der Waals surface area contributed by atoms with Crippen LogP contribution in [0.1, 0.15) is 52.1 Å². The van der Waals surface area contributed by atoms with Gasteiger partial charge in [-0.15, -0.1) is 0 Å². The van der Waals surface area contributed by atoms with Gasteiger partial charge in [0.1, 0.15) is 16.9 Å². The second-order valence-electron chi connectivity index (χ2n) is 9.95. The summed E-state index contributed by atoms with van der Waals surface area (Å²) in [5, 5.41) is 26.6. The molecule has 0 radical (unpaired) electrons. The van der Waals surface area contributed by atoms with Gasteiger partial charge in [-0.3, -0.25) is 4.79 Å². The number of aromatic nitrogens is 1. The molecule has 0 bridgehead atoms. The number of benzene rings is 3. The van der Waals surface area contributed by atoms with E-state index in [1.54, 1.807) is 25.1 Å². The summed E-state index contributed by atoms with van der Waals surface area (Å²) < 4.78 is 6.61. The van der Waals surface area contributed by atoms with Gasteiger partial charge in [0.2, 0.25) is 5.91 Å². The highest BCUT2D eigenvalue weighted by Gasteiger charge is 2.30. The van der Waals surface area contributed by atoms with Crippen molar-refractivity contribution in [3.05, 3.63) is 142 Å². The predicted molar refractivity (Wildman–Crippen MR) is 146 cm³/mol. The minimum absolute atomic E-state index is 0.0934. The van der Waals surface area contributed by atoms with Crippen molar-refractivity contribution in [3.8, 4) is 0 Å². The second kappa shape index (κ2) is 10.1. The van der Waals surface area contributed by atoms with Crippen LogP contribution in [0, 0.1) is 19.1 Å². The standard InChI is InChI=1S/C32H30N2O4/c1-21-9-11-27(22(2)17-21)31(24-7-5-4-6-8-24)33-30(35)19-23-10-12-28-25(18-23)20-29(38-28)32(3,36)26-13-15-34(37)16-14-26/h4-18,20,31,36H,19H2,1-3H3,(H,33,35)/t31?,32-/m1/s1. The van der Waals surface area contributed by atoms with E-state index in [4.69, 9.17) is 4.42 Å². The monoisotopic (exact) mass is 506 g/mol. The normalized spacial score (nSPS) is 13.7. The van der Waals surface area contributed by atoms with Crippen LogP contribution in [-0.4, -0.2) is 11.0 Å². The summed E-state index contributed by atoms with van der Waals surface area (Å²) in [6.07, 6.45) is 2.87. The van der Waals surface area contributed by atoms with Gasteiger partial charge in [0.15, 0.2) is 12.4 Å². The van der Waals surface area contributed by atoms with E-state index in [9.17, 15) is 15.1 Å². The molecule has 2 heterocycles. The van der Waals surface area contributed by atoms with Crippen molar-refractivity contribution in [2.24, 2.45) is 0 Å². The molecule has 0 spiro atoms. The Balaban J connectivity index is 1.38. The highest BCUT2D eigenvalue weighted by molar-refractivity contribution is 5.83. The lowest BCUT2D eigenvalue weighted by Gasteiger charge is -2.22. The fourth-order valence-electron chi connectivity index (χ4n) is 4.86. The summed E-state index contributed by atoms with van der Waals surface area (Å²) in [4.78, 5) is 13.3. The van der Waals surface area contributed by atoms with Gasteiger partial charge >= 0.3 is 0 Å². The lowest BCUT2D eigenvalue weighted by Crippen LogP contribution is -2.31. The topological polar surface area (TPSA) is 89.4 Å². The lowest BCUT2D eigenvalue weighted by molar-refractivity contribution is -0.605. The first-order chi connectivity index (χ1) is 18.2. The Bertz CT molecular complexity index is 1590. The molecule has 192 valence electrons. The molecular formula is C32H30N2O4. The molecule has 2 atom stereocenters. The van der Waals surface area contributed by atoms with Crippen molar-refractivity contribution in [2.75, 3.05) is 0 Å². The number of furan rings is 1. The number of carbonyl (C=O) groups is 1. The zero-order valence-corrected chi connectivity index (χ0v) is 21.6. The van der Waals surface area contributed by atoms with Gasteiger partial charge < -0.3 is 20.0 Å². The summed E-state index contributed by atoms with van der Waals surface area (Å²) in [6, 6.07) is 26.5. The highest BCUT2D eigenvalue weighted by atomic mass is 16.5.